The number of rotatable bonds is 2. The van der Waals surface area contributed by atoms with E-state index in [1.54, 1.807) is 11.3 Å². The molecule has 1 nitrogen and oxygen atoms in total. The standard InChI is InChI=1S/C26H17NS/c1-2-7-18(8-3-1)19-9-6-10-21(15-19)27-24-12-5-4-11-22(24)23-16-20-13-14-28-26(20)17-25(23)27/h1-17H. The van der Waals surface area contributed by atoms with E-state index in [2.05, 4.69) is 107 Å². The van der Waals surface area contributed by atoms with E-state index in [-0.39, 0.29) is 0 Å². The van der Waals surface area contributed by atoms with Crippen molar-refractivity contribution in [1.82, 2.24) is 4.57 Å². The number of thiophene rings is 1. The Balaban J connectivity index is 1.69. The van der Waals surface area contributed by atoms with Crippen LogP contribution in [-0.2, 0) is 0 Å². The topological polar surface area (TPSA) is 4.93 Å². The molecular weight excluding hydrogens is 358 g/mol. The molecule has 28 heavy (non-hydrogen) atoms. The van der Waals surface area contributed by atoms with Crippen LogP contribution in [-0.4, -0.2) is 4.57 Å². The SMILES string of the molecule is c1ccc(-c2cccc(-n3c4ccccc4c4cc5ccsc5cc43)c2)cc1. The number of para-hydroxylation sites is 1. The maximum Gasteiger partial charge on any atom is 0.0555 e. The molecule has 0 aliphatic rings. The molecule has 4 aromatic carbocycles. The predicted molar refractivity (Wildman–Crippen MR) is 122 cm³/mol. The van der Waals surface area contributed by atoms with Crippen LogP contribution >= 0.6 is 11.3 Å². The summed E-state index contributed by atoms with van der Waals surface area (Å²) in [6, 6.07) is 35.0. The second-order valence-electron chi connectivity index (χ2n) is 7.10. The lowest BCUT2D eigenvalue weighted by Gasteiger charge is -2.10. The quantitative estimate of drug-likeness (QED) is 0.293. The maximum atomic E-state index is 2.40. The molecule has 0 unspecified atom stereocenters. The minimum Gasteiger partial charge on any atom is -0.309 e. The van der Waals surface area contributed by atoms with Gasteiger partial charge >= 0.3 is 0 Å². The molecule has 132 valence electrons. The Morgan fingerprint density at radius 1 is 0.571 bits per heavy atom. The number of aromatic nitrogens is 1. The van der Waals surface area contributed by atoms with Crippen molar-refractivity contribution in [1.29, 1.82) is 0 Å². The first kappa shape index (κ1) is 15.7. The molecule has 0 amide bonds. The summed E-state index contributed by atoms with van der Waals surface area (Å²) in [4.78, 5) is 0. The molecule has 0 atom stereocenters. The van der Waals surface area contributed by atoms with E-state index in [0.29, 0.717) is 0 Å². The van der Waals surface area contributed by atoms with Gasteiger partial charge in [-0.2, -0.15) is 0 Å². The van der Waals surface area contributed by atoms with E-state index in [1.165, 1.54) is 48.7 Å². The summed E-state index contributed by atoms with van der Waals surface area (Å²) < 4.78 is 3.73. The minimum absolute atomic E-state index is 1.20. The summed E-state index contributed by atoms with van der Waals surface area (Å²) in [5, 5.41) is 6.10. The van der Waals surface area contributed by atoms with Crippen LogP contribution in [0, 0.1) is 0 Å². The number of hydrogen-bond donors (Lipinski definition) is 0. The summed E-state index contributed by atoms with van der Waals surface area (Å²) in [7, 11) is 0. The first-order chi connectivity index (χ1) is 13.9. The molecule has 2 heterocycles. The van der Waals surface area contributed by atoms with Crippen LogP contribution in [0.25, 0.3) is 48.7 Å². The van der Waals surface area contributed by atoms with Gasteiger partial charge in [-0.1, -0.05) is 60.7 Å². The van der Waals surface area contributed by atoms with Crippen molar-refractivity contribution in [2.45, 2.75) is 0 Å². The van der Waals surface area contributed by atoms with Crippen molar-refractivity contribution in [2.75, 3.05) is 0 Å². The van der Waals surface area contributed by atoms with Crippen LogP contribution in [0.3, 0.4) is 0 Å². The molecule has 0 radical (unpaired) electrons. The van der Waals surface area contributed by atoms with E-state index < -0.39 is 0 Å². The minimum atomic E-state index is 1.20. The van der Waals surface area contributed by atoms with Crippen molar-refractivity contribution in [3.8, 4) is 16.8 Å². The molecule has 0 aliphatic heterocycles. The van der Waals surface area contributed by atoms with E-state index >= 15 is 0 Å². The Bertz CT molecular complexity index is 1450. The summed E-state index contributed by atoms with van der Waals surface area (Å²) >= 11 is 1.80. The number of benzene rings is 4. The summed E-state index contributed by atoms with van der Waals surface area (Å²) in [6.45, 7) is 0. The fourth-order valence-corrected chi connectivity index (χ4v) is 4.96. The maximum absolute atomic E-state index is 2.40. The van der Waals surface area contributed by atoms with Crippen LogP contribution in [0.5, 0.6) is 0 Å². The highest BCUT2D eigenvalue weighted by atomic mass is 32.1. The molecule has 6 aromatic rings. The highest BCUT2D eigenvalue weighted by Crippen LogP contribution is 2.36. The molecule has 0 saturated heterocycles. The summed E-state index contributed by atoms with van der Waals surface area (Å²) in [5.41, 5.74) is 6.19. The van der Waals surface area contributed by atoms with Gasteiger partial charge in [0.05, 0.1) is 11.0 Å². The van der Waals surface area contributed by atoms with Gasteiger partial charge in [-0.3, -0.25) is 0 Å². The Morgan fingerprint density at radius 2 is 1.39 bits per heavy atom. The van der Waals surface area contributed by atoms with Crippen molar-refractivity contribution in [2.24, 2.45) is 0 Å². The van der Waals surface area contributed by atoms with E-state index in [0.717, 1.165) is 0 Å². The Kier molecular flexibility index (Phi) is 3.40. The van der Waals surface area contributed by atoms with Gasteiger partial charge in [0.2, 0.25) is 0 Å². The predicted octanol–water partition coefficient (Wildman–Crippen LogP) is 7.67. The van der Waals surface area contributed by atoms with Crippen LogP contribution < -0.4 is 0 Å². The molecule has 0 saturated carbocycles. The molecule has 0 bridgehead atoms. The fourth-order valence-electron chi connectivity index (χ4n) is 4.16. The second-order valence-corrected chi connectivity index (χ2v) is 8.04. The molecular formula is C26H17NS. The average molecular weight is 375 g/mol. The Labute approximate surface area is 167 Å². The summed E-state index contributed by atoms with van der Waals surface area (Å²) in [5.74, 6) is 0. The largest absolute Gasteiger partial charge is 0.309 e. The molecule has 0 N–H and O–H groups in total. The Morgan fingerprint density at radius 3 is 2.32 bits per heavy atom. The van der Waals surface area contributed by atoms with Gasteiger partial charge in [0.1, 0.15) is 0 Å². The van der Waals surface area contributed by atoms with Crippen LogP contribution in [0.1, 0.15) is 0 Å². The Hall–Kier alpha value is -3.36. The van der Waals surface area contributed by atoms with Crippen molar-refractivity contribution < 1.29 is 0 Å². The number of hydrogen-bond acceptors (Lipinski definition) is 1. The van der Waals surface area contributed by atoms with Gasteiger partial charge in [0, 0.05) is 21.2 Å². The van der Waals surface area contributed by atoms with Gasteiger partial charge in [0.25, 0.3) is 0 Å². The molecule has 2 aromatic heterocycles. The lowest BCUT2D eigenvalue weighted by molar-refractivity contribution is 1.18. The first-order valence-electron chi connectivity index (χ1n) is 9.45. The van der Waals surface area contributed by atoms with Gasteiger partial charge < -0.3 is 4.57 Å². The summed E-state index contributed by atoms with van der Waals surface area (Å²) in [6.07, 6.45) is 0. The molecule has 0 spiro atoms. The van der Waals surface area contributed by atoms with Crippen molar-refractivity contribution in [3.63, 3.8) is 0 Å². The van der Waals surface area contributed by atoms with Gasteiger partial charge in [-0.15, -0.1) is 11.3 Å². The monoisotopic (exact) mass is 375 g/mol. The average Bonchev–Trinajstić information content (AvgIpc) is 3.34. The van der Waals surface area contributed by atoms with Gasteiger partial charge in [-0.05, 0) is 58.3 Å². The smallest absolute Gasteiger partial charge is 0.0555 e. The zero-order chi connectivity index (χ0) is 18.5. The second kappa shape index (κ2) is 6.08. The number of fused-ring (bicyclic) bond motifs is 4. The van der Waals surface area contributed by atoms with Crippen molar-refractivity contribution >= 4 is 43.2 Å². The molecule has 0 aliphatic carbocycles. The van der Waals surface area contributed by atoms with Crippen LogP contribution in [0.2, 0.25) is 0 Å². The highest BCUT2D eigenvalue weighted by molar-refractivity contribution is 7.17. The third-order valence-corrected chi connectivity index (χ3v) is 6.34. The zero-order valence-electron chi connectivity index (χ0n) is 15.2. The third-order valence-electron chi connectivity index (χ3n) is 5.46. The van der Waals surface area contributed by atoms with E-state index in [9.17, 15) is 0 Å². The zero-order valence-corrected chi connectivity index (χ0v) is 16.0. The third kappa shape index (κ3) is 2.32. The first-order valence-corrected chi connectivity index (χ1v) is 10.3. The molecule has 6 rings (SSSR count). The lowest BCUT2D eigenvalue weighted by atomic mass is 10.1. The molecule has 2 heteroatoms. The van der Waals surface area contributed by atoms with Gasteiger partial charge in [-0.25, -0.2) is 0 Å². The lowest BCUT2D eigenvalue weighted by Crippen LogP contribution is -1.94. The van der Waals surface area contributed by atoms with Crippen molar-refractivity contribution in [3.05, 3.63) is 102 Å². The number of nitrogens with zero attached hydrogens (tertiary/aromatic N) is 1. The van der Waals surface area contributed by atoms with Crippen LogP contribution in [0.4, 0.5) is 0 Å². The van der Waals surface area contributed by atoms with Gasteiger partial charge in [0.15, 0.2) is 0 Å². The van der Waals surface area contributed by atoms with Crippen LogP contribution in [0.15, 0.2) is 102 Å². The van der Waals surface area contributed by atoms with E-state index in [4.69, 9.17) is 0 Å². The fraction of sp³-hybridized carbons (Fsp3) is 0. The molecule has 0 fully saturated rings. The van der Waals surface area contributed by atoms with E-state index in [1.807, 2.05) is 0 Å². The normalized spacial score (nSPS) is 11.6. The highest BCUT2D eigenvalue weighted by Gasteiger charge is 2.13.